The van der Waals surface area contributed by atoms with E-state index in [0.29, 0.717) is 0 Å². The van der Waals surface area contributed by atoms with Crippen LogP contribution in [-0.4, -0.2) is 16.8 Å². The second kappa shape index (κ2) is 4.99. The number of para-hydroxylation sites is 1. The highest BCUT2D eigenvalue weighted by Crippen LogP contribution is 2.21. The van der Waals surface area contributed by atoms with Gasteiger partial charge in [0.05, 0.1) is 0 Å². The molecule has 15 heavy (non-hydrogen) atoms. The third kappa shape index (κ3) is 3.40. The third-order valence-electron chi connectivity index (χ3n) is 2.21. The first kappa shape index (κ1) is 11.8. The van der Waals surface area contributed by atoms with Gasteiger partial charge in [0, 0.05) is 0 Å². The lowest BCUT2D eigenvalue weighted by Gasteiger charge is -2.29. The van der Waals surface area contributed by atoms with Gasteiger partial charge in [-0.05, 0) is 32.9 Å². The predicted molar refractivity (Wildman–Crippen MR) is 62.0 cm³/mol. The van der Waals surface area contributed by atoms with Gasteiger partial charge in [0.2, 0.25) is 0 Å². The summed E-state index contributed by atoms with van der Waals surface area (Å²) in [6, 6.07) is 9.51. The van der Waals surface area contributed by atoms with Gasteiger partial charge >= 0.3 is 0 Å². The summed E-state index contributed by atoms with van der Waals surface area (Å²) in [7, 11) is 0. The smallest absolute Gasteiger partial charge is 0.133 e. The average molecular weight is 206 g/mol. The minimum absolute atomic E-state index is 0.609. The van der Waals surface area contributed by atoms with Gasteiger partial charge in [-0.15, -0.1) is 0 Å². The van der Waals surface area contributed by atoms with Crippen LogP contribution in [0.2, 0.25) is 0 Å². The maximum atomic E-state index is 9.83. The number of aliphatic hydroxyl groups is 1. The van der Waals surface area contributed by atoms with E-state index in [0.717, 1.165) is 5.75 Å². The molecule has 0 aliphatic rings. The Labute approximate surface area is 91.2 Å². The number of rotatable bonds is 4. The van der Waals surface area contributed by atoms with Crippen molar-refractivity contribution in [2.75, 3.05) is 0 Å². The molecule has 0 radical (unpaired) electrons. The van der Waals surface area contributed by atoms with Crippen molar-refractivity contribution >= 4 is 0 Å². The predicted octanol–water partition coefficient (Wildman–Crippen LogP) is 2.78. The van der Waals surface area contributed by atoms with Gasteiger partial charge in [0.1, 0.15) is 17.5 Å². The molecule has 2 heteroatoms. The van der Waals surface area contributed by atoms with Crippen LogP contribution in [0.5, 0.6) is 5.75 Å². The van der Waals surface area contributed by atoms with Crippen molar-refractivity contribution in [1.82, 2.24) is 0 Å². The first-order valence-corrected chi connectivity index (χ1v) is 5.11. The van der Waals surface area contributed by atoms with Gasteiger partial charge < -0.3 is 9.84 Å². The lowest BCUT2D eigenvalue weighted by molar-refractivity contribution is -0.00178. The Morgan fingerprint density at radius 1 is 1.27 bits per heavy atom. The Hall–Kier alpha value is -1.28. The number of hydrogen-bond donors (Lipinski definition) is 1. The Morgan fingerprint density at radius 3 is 2.40 bits per heavy atom. The summed E-state index contributed by atoms with van der Waals surface area (Å²) in [5.41, 5.74) is -0.617. The van der Waals surface area contributed by atoms with Gasteiger partial charge in [-0.25, -0.2) is 0 Å². The summed E-state index contributed by atoms with van der Waals surface area (Å²) < 4.78 is 5.71. The molecular formula is C13H18O2. The van der Waals surface area contributed by atoms with Crippen molar-refractivity contribution in [2.45, 2.75) is 32.5 Å². The van der Waals surface area contributed by atoms with Crippen molar-refractivity contribution in [3.8, 4) is 5.75 Å². The fourth-order valence-corrected chi connectivity index (χ4v) is 1.27. The van der Waals surface area contributed by atoms with Gasteiger partial charge in [0.25, 0.3) is 0 Å². The number of hydrogen-bond acceptors (Lipinski definition) is 2. The molecule has 82 valence electrons. The van der Waals surface area contributed by atoms with Crippen LogP contribution >= 0.6 is 0 Å². The summed E-state index contributed by atoms with van der Waals surface area (Å²) in [4.78, 5) is 0. The van der Waals surface area contributed by atoms with E-state index in [9.17, 15) is 5.11 Å². The molecule has 0 spiro atoms. The van der Waals surface area contributed by atoms with Crippen LogP contribution in [0, 0.1) is 0 Å². The molecule has 0 saturated carbocycles. The molecule has 1 atom stereocenters. The van der Waals surface area contributed by atoms with Crippen LogP contribution in [0.1, 0.15) is 20.8 Å². The molecule has 0 amide bonds. The molecule has 1 aromatic rings. The SMILES string of the molecule is CC=C[C@@H](O)C(C)(C)Oc1ccccc1. The molecule has 0 heterocycles. The summed E-state index contributed by atoms with van der Waals surface area (Å²) in [5.74, 6) is 0.769. The summed E-state index contributed by atoms with van der Waals surface area (Å²) >= 11 is 0. The highest BCUT2D eigenvalue weighted by atomic mass is 16.5. The molecule has 1 rings (SSSR count). The first-order valence-electron chi connectivity index (χ1n) is 5.11. The second-order valence-corrected chi connectivity index (χ2v) is 3.99. The van der Waals surface area contributed by atoms with Crippen molar-refractivity contribution < 1.29 is 9.84 Å². The number of allylic oxidation sites excluding steroid dienone is 1. The molecule has 2 nitrogen and oxygen atoms in total. The maximum absolute atomic E-state index is 9.83. The van der Waals surface area contributed by atoms with E-state index < -0.39 is 11.7 Å². The molecule has 0 saturated heterocycles. The molecule has 0 unspecified atom stereocenters. The van der Waals surface area contributed by atoms with Crippen molar-refractivity contribution in [3.05, 3.63) is 42.5 Å². The number of benzene rings is 1. The standard InChI is InChI=1S/C13H18O2/c1-4-8-12(14)13(2,3)15-11-9-6-5-7-10-11/h4-10,12,14H,1-3H3/t12-/m1/s1. The van der Waals surface area contributed by atoms with Crippen molar-refractivity contribution in [3.63, 3.8) is 0 Å². The van der Waals surface area contributed by atoms with Gasteiger partial charge in [0.15, 0.2) is 0 Å². The zero-order valence-electron chi connectivity index (χ0n) is 9.47. The minimum Gasteiger partial charge on any atom is -0.485 e. The molecule has 0 bridgehead atoms. The maximum Gasteiger partial charge on any atom is 0.133 e. The summed E-state index contributed by atoms with van der Waals surface area (Å²) in [6.45, 7) is 5.61. The summed E-state index contributed by atoms with van der Waals surface area (Å²) in [6.07, 6.45) is 2.94. The second-order valence-electron chi connectivity index (χ2n) is 3.99. The Kier molecular flexibility index (Phi) is 3.92. The lowest BCUT2D eigenvalue weighted by Crippen LogP contribution is -2.40. The number of ether oxygens (including phenoxy) is 1. The minimum atomic E-state index is -0.617. The van der Waals surface area contributed by atoms with E-state index in [4.69, 9.17) is 4.74 Å². The van der Waals surface area contributed by atoms with Crippen LogP contribution in [0.25, 0.3) is 0 Å². The van der Waals surface area contributed by atoms with E-state index in [1.165, 1.54) is 0 Å². The largest absolute Gasteiger partial charge is 0.485 e. The van der Waals surface area contributed by atoms with Gasteiger partial charge in [-0.1, -0.05) is 30.4 Å². The molecule has 1 aromatic carbocycles. The highest BCUT2D eigenvalue weighted by Gasteiger charge is 2.27. The van der Waals surface area contributed by atoms with E-state index in [2.05, 4.69) is 0 Å². The monoisotopic (exact) mass is 206 g/mol. The van der Waals surface area contributed by atoms with Crippen LogP contribution in [0.15, 0.2) is 42.5 Å². The van der Waals surface area contributed by atoms with Crippen LogP contribution < -0.4 is 4.74 Å². The first-order chi connectivity index (χ1) is 7.06. The van der Waals surface area contributed by atoms with E-state index >= 15 is 0 Å². The highest BCUT2D eigenvalue weighted by molar-refractivity contribution is 5.22. The Balaban J connectivity index is 2.72. The van der Waals surface area contributed by atoms with E-state index in [1.807, 2.05) is 57.2 Å². The Bertz CT molecular complexity index is 315. The van der Waals surface area contributed by atoms with Gasteiger partial charge in [-0.3, -0.25) is 0 Å². The average Bonchev–Trinajstić information content (AvgIpc) is 2.19. The normalized spacial score (nSPS) is 14.1. The zero-order chi connectivity index (χ0) is 11.3. The van der Waals surface area contributed by atoms with Crippen LogP contribution in [0.3, 0.4) is 0 Å². The van der Waals surface area contributed by atoms with Crippen LogP contribution in [-0.2, 0) is 0 Å². The molecule has 0 fully saturated rings. The summed E-state index contributed by atoms with van der Waals surface area (Å²) in [5, 5.41) is 9.83. The van der Waals surface area contributed by atoms with Crippen LogP contribution in [0.4, 0.5) is 0 Å². The van der Waals surface area contributed by atoms with Crippen molar-refractivity contribution in [2.24, 2.45) is 0 Å². The fraction of sp³-hybridized carbons (Fsp3) is 0.385. The molecular weight excluding hydrogens is 188 g/mol. The molecule has 0 aromatic heterocycles. The molecule has 1 N–H and O–H groups in total. The topological polar surface area (TPSA) is 29.5 Å². The van der Waals surface area contributed by atoms with E-state index in [1.54, 1.807) is 6.08 Å². The van der Waals surface area contributed by atoms with E-state index in [-0.39, 0.29) is 0 Å². The number of aliphatic hydroxyl groups excluding tert-OH is 1. The lowest BCUT2D eigenvalue weighted by atomic mass is 10.0. The van der Waals surface area contributed by atoms with Crippen molar-refractivity contribution in [1.29, 1.82) is 0 Å². The molecule has 0 aliphatic heterocycles. The third-order valence-corrected chi connectivity index (χ3v) is 2.21. The quantitative estimate of drug-likeness (QED) is 0.767. The zero-order valence-corrected chi connectivity index (χ0v) is 9.47. The fourth-order valence-electron chi connectivity index (χ4n) is 1.27. The Morgan fingerprint density at radius 2 is 1.87 bits per heavy atom. The molecule has 0 aliphatic carbocycles. The van der Waals surface area contributed by atoms with Gasteiger partial charge in [-0.2, -0.15) is 0 Å².